The normalized spacial score (nSPS) is 11.9. The summed E-state index contributed by atoms with van der Waals surface area (Å²) in [5.74, 6) is -1.00. The lowest BCUT2D eigenvalue weighted by atomic mass is 10.00. The van der Waals surface area contributed by atoms with E-state index in [0.29, 0.717) is 40.9 Å². The molecule has 10 nitrogen and oxygen atoms in total. The number of rotatable bonds is 8. The van der Waals surface area contributed by atoms with E-state index < -0.39 is 27.5 Å². The SMILES string of the molecule is COC(=O)c1ccc(-c2cc3nn(CCC(C)(C)O)cc3cc2NC(=O)c2cccc(S(N)(=O)=O)c2)cc1. The molecule has 0 bridgehead atoms. The summed E-state index contributed by atoms with van der Waals surface area (Å²) < 4.78 is 30.0. The molecule has 0 unspecified atom stereocenters. The highest BCUT2D eigenvalue weighted by Crippen LogP contribution is 2.33. The molecule has 4 aromatic rings. The molecule has 4 rings (SSSR count). The largest absolute Gasteiger partial charge is 0.465 e. The van der Waals surface area contributed by atoms with Gasteiger partial charge in [-0.1, -0.05) is 18.2 Å². The fraction of sp³-hybridized carbons (Fsp3) is 0.222. The number of carbonyl (C=O) groups is 2. The van der Waals surface area contributed by atoms with Gasteiger partial charge in [-0.25, -0.2) is 18.4 Å². The standard InChI is InChI=1S/C27H28N4O6S/c1-27(2,34)11-12-31-16-20-14-24(29-25(32)19-5-4-6-21(13-19)38(28,35)36)22(15-23(20)30-31)17-7-9-18(10-8-17)26(33)37-3/h4-10,13-16,34H,11-12H2,1-3H3,(H,29,32)(H2,28,35,36). The number of aryl methyl sites for hydroxylation is 1. The summed E-state index contributed by atoms with van der Waals surface area (Å²) in [5, 5.41) is 23.5. The number of esters is 1. The highest BCUT2D eigenvalue weighted by atomic mass is 32.2. The van der Waals surface area contributed by atoms with E-state index in [2.05, 4.69) is 10.4 Å². The summed E-state index contributed by atoms with van der Waals surface area (Å²) in [4.78, 5) is 24.9. The Morgan fingerprint density at radius 3 is 2.42 bits per heavy atom. The quantitative estimate of drug-likeness (QED) is 0.291. The number of aliphatic hydroxyl groups is 1. The lowest BCUT2D eigenvalue weighted by Gasteiger charge is -2.16. The molecule has 0 aliphatic rings. The zero-order valence-electron chi connectivity index (χ0n) is 21.1. The van der Waals surface area contributed by atoms with Gasteiger partial charge in [0, 0.05) is 34.9 Å². The zero-order chi connectivity index (χ0) is 27.7. The number of hydrogen-bond acceptors (Lipinski definition) is 7. The van der Waals surface area contributed by atoms with Crippen molar-refractivity contribution in [3.8, 4) is 11.1 Å². The van der Waals surface area contributed by atoms with Gasteiger partial charge in [-0.3, -0.25) is 9.48 Å². The van der Waals surface area contributed by atoms with Crippen LogP contribution >= 0.6 is 0 Å². The van der Waals surface area contributed by atoms with Gasteiger partial charge in [-0.2, -0.15) is 5.10 Å². The lowest BCUT2D eigenvalue weighted by molar-refractivity contribution is 0.0599. The second-order valence-corrected chi connectivity index (χ2v) is 11.1. The van der Waals surface area contributed by atoms with Crippen molar-refractivity contribution in [3.63, 3.8) is 0 Å². The molecule has 0 fully saturated rings. The Hall–Kier alpha value is -4.06. The molecule has 0 atom stereocenters. The van der Waals surface area contributed by atoms with Crippen LogP contribution in [0.25, 0.3) is 22.0 Å². The molecule has 0 saturated heterocycles. The molecule has 0 radical (unpaired) electrons. The molecular weight excluding hydrogens is 508 g/mol. The van der Waals surface area contributed by atoms with Crippen LogP contribution in [0, 0.1) is 0 Å². The van der Waals surface area contributed by atoms with Crippen LogP contribution in [-0.2, 0) is 21.3 Å². The van der Waals surface area contributed by atoms with Gasteiger partial charge in [-0.05, 0) is 68.3 Å². The van der Waals surface area contributed by atoms with Crippen molar-refractivity contribution in [2.45, 2.75) is 37.3 Å². The molecule has 1 heterocycles. The fourth-order valence-electron chi connectivity index (χ4n) is 3.88. The minimum absolute atomic E-state index is 0.115. The number of nitrogens with two attached hydrogens (primary N) is 1. The summed E-state index contributed by atoms with van der Waals surface area (Å²) >= 11 is 0. The number of methoxy groups -OCH3 is 1. The Kier molecular flexibility index (Phi) is 7.36. The number of amides is 1. The first-order chi connectivity index (χ1) is 17.8. The number of ether oxygens (including phenoxy) is 1. The Labute approximate surface area is 220 Å². The van der Waals surface area contributed by atoms with Gasteiger partial charge in [-0.15, -0.1) is 0 Å². The van der Waals surface area contributed by atoms with Gasteiger partial charge >= 0.3 is 5.97 Å². The third-order valence-corrected chi connectivity index (χ3v) is 6.84. The van der Waals surface area contributed by atoms with E-state index >= 15 is 0 Å². The molecule has 38 heavy (non-hydrogen) atoms. The summed E-state index contributed by atoms with van der Waals surface area (Å²) in [6, 6.07) is 15.7. The number of benzene rings is 3. The Morgan fingerprint density at radius 1 is 1.08 bits per heavy atom. The Balaban J connectivity index is 1.76. The monoisotopic (exact) mass is 536 g/mol. The third kappa shape index (κ3) is 6.25. The number of anilines is 1. The first-order valence-electron chi connectivity index (χ1n) is 11.7. The minimum Gasteiger partial charge on any atom is -0.465 e. The molecule has 11 heteroatoms. The molecule has 4 N–H and O–H groups in total. The van der Waals surface area contributed by atoms with Crippen molar-refractivity contribution in [2.75, 3.05) is 12.4 Å². The van der Waals surface area contributed by atoms with Crippen LogP contribution in [-0.4, -0.2) is 47.9 Å². The van der Waals surface area contributed by atoms with Crippen molar-refractivity contribution in [2.24, 2.45) is 5.14 Å². The van der Waals surface area contributed by atoms with Crippen molar-refractivity contribution in [1.29, 1.82) is 0 Å². The van der Waals surface area contributed by atoms with Gasteiger partial charge < -0.3 is 15.2 Å². The number of hydrogen-bond donors (Lipinski definition) is 3. The van der Waals surface area contributed by atoms with Crippen molar-refractivity contribution >= 4 is 38.5 Å². The van der Waals surface area contributed by atoms with Crippen LogP contribution in [0.3, 0.4) is 0 Å². The maximum absolute atomic E-state index is 13.2. The molecule has 0 spiro atoms. The highest BCUT2D eigenvalue weighted by molar-refractivity contribution is 7.89. The Morgan fingerprint density at radius 2 is 1.79 bits per heavy atom. The maximum atomic E-state index is 13.2. The highest BCUT2D eigenvalue weighted by Gasteiger charge is 2.18. The maximum Gasteiger partial charge on any atom is 0.337 e. The molecule has 0 saturated carbocycles. The first-order valence-corrected chi connectivity index (χ1v) is 13.3. The minimum atomic E-state index is -3.98. The van der Waals surface area contributed by atoms with E-state index in [1.807, 2.05) is 12.3 Å². The van der Waals surface area contributed by atoms with E-state index in [1.54, 1.807) is 48.9 Å². The number of fused-ring (bicyclic) bond motifs is 1. The molecule has 1 aromatic heterocycles. The van der Waals surface area contributed by atoms with Crippen molar-refractivity contribution in [3.05, 3.63) is 78.0 Å². The van der Waals surface area contributed by atoms with E-state index in [1.165, 1.54) is 31.4 Å². The van der Waals surface area contributed by atoms with Crippen LogP contribution in [0.5, 0.6) is 0 Å². The van der Waals surface area contributed by atoms with Crippen LogP contribution in [0.2, 0.25) is 0 Å². The first kappa shape index (κ1) is 27.0. The van der Waals surface area contributed by atoms with Gasteiger partial charge in [0.15, 0.2) is 0 Å². The predicted octanol–water partition coefficient (Wildman–Crippen LogP) is 3.55. The molecule has 3 aromatic carbocycles. The summed E-state index contributed by atoms with van der Waals surface area (Å²) in [5.41, 5.74) is 2.10. The number of nitrogens with zero attached hydrogens (tertiary/aromatic N) is 2. The van der Waals surface area contributed by atoms with Crippen LogP contribution in [0.4, 0.5) is 5.69 Å². The van der Waals surface area contributed by atoms with E-state index in [0.717, 1.165) is 5.39 Å². The molecule has 1 amide bonds. The second-order valence-electron chi connectivity index (χ2n) is 9.51. The average Bonchev–Trinajstić information content (AvgIpc) is 3.27. The fourth-order valence-corrected chi connectivity index (χ4v) is 4.44. The predicted molar refractivity (Wildman–Crippen MR) is 143 cm³/mol. The zero-order valence-corrected chi connectivity index (χ0v) is 22.0. The van der Waals surface area contributed by atoms with Crippen LogP contribution in [0.1, 0.15) is 41.0 Å². The average molecular weight is 537 g/mol. The number of primary sulfonamides is 1. The number of sulfonamides is 1. The van der Waals surface area contributed by atoms with Gasteiger partial charge in [0.25, 0.3) is 5.91 Å². The van der Waals surface area contributed by atoms with E-state index in [9.17, 15) is 23.1 Å². The summed E-state index contributed by atoms with van der Waals surface area (Å²) in [6.45, 7) is 3.94. The third-order valence-electron chi connectivity index (χ3n) is 5.93. The van der Waals surface area contributed by atoms with Crippen LogP contribution < -0.4 is 10.5 Å². The lowest BCUT2D eigenvalue weighted by Crippen LogP contribution is -2.21. The van der Waals surface area contributed by atoms with Crippen LogP contribution in [0.15, 0.2) is 71.8 Å². The van der Waals surface area contributed by atoms with Gasteiger partial charge in [0.1, 0.15) is 0 Å². The smallest absolute Gasteiger partial charge is 0.337 e. The summed E-state index contributed by atoms with van der Waals surface area (Å²) in [6.07, 6.45) is 2.31. The van der Waals surface area contributed by atoms with E-state index in [4.69, 9.17) is 9.88 Å². The van der Waals surface area contributed by atoms with E-state index in [-0.39, 0.29) is 10.5 Å². The topological polar surface area (TPSA) is 154 Å². The number of aromatic nitrogens is 2. The molecule has 0 aliphatic carbocycles. The molecule has 198 valence electrons. The number of carbonyl (C=O) groups excluding carboxylic acids is 2. The summed E-state index contributed by atoms with van der Waals surface area (Å²) in [7, 11) is -2.68. The Bertz CT molecular complexity index is 1620. The van der Waals surface area contributed by atoms with Gasteiger partial charge in [0.2, 0.25) is 10.0 Å². The molecular formula is C27H28N4O6S. The number of nitrogens with one attached hydrogen (secondary N) is 1. The molecule has 0 aliphatic heterocycles. The van der Waals surface area contributed by atoms with Crippen molar-refractivity contribution < 1.29 is 27.9 Å². The van der Waals surface area contributed by atoms with Crippen molar-refractivity contribution in [1.82, 2.24) is 9.78 Å². The second kappa shape index (κ2) is 10.4. The van der Waals surface area contributed by atoms with Gasteiger partial charge in [0.05, 0.1) is 28.7 Å².